The van der Waals surface area contributed by atoms with Crippen molar-refractivity contribution in [3.63, 3.8) is 0 Å². The van der Waals surface area contributed by atoms with Crippen LogP contribution in [0.5, 0.6) is 0 Å². The number of nitrogens with zero attached hydrogens (tertiary/aromatic N) is 4. The van der Waals surface area contributed by atoms with Crippen molar-refractivity contribution in [3.8, 4) is 0 Å². The van der Waals surface area contributed by atoms with Gasteiger partial charge in [0.25, 0.3) is 11.6 Å². The van der Waals surface area contributed by atoms with E-state index >= 15 is 0 Å². The molecule has 0 unspecified atom stereocenters. The van der Waals surface area contributed by atoms with Crippen LogP contribution in [-0.4, -0.2) is 44.9 Å². The fourth-order valence-electron chi connectivity index (χ4n) is 4.02. The molecule has 1 amide bonds. The first-order valence-electron chi connectivity index (χ1n) is 10.3. The van der Waals surface area contributed by atoms with E-state index < -0.39 is 4.92 Å². The van der Waals surface area contributed by atoms with Gasteiger partial charge in [0.15, 0.2) is 0 Å². The van der Waals surface area contributed by atoms with Crippen LogP contribution in [0.1, 0.15) is 35.4 Å². The van der Waals surface area contributed by atoms with Crippen molar-refractivity contribution in [2.24, 2.45) is 0 Å². The van der Waals surface area contributed by atoms with Crippen LogP contribution in [0.2, 0.25) is 0 Å². The molecule has 4 rings (SSSR count). The lowest BCUT2D eigenvalue weighted by molar-refractivity contribution is -0.385. The normalized spacial score (nSPS) is 13.7. The van der Waals surface area contributed by atoms with Gasteiger partial charge in [0, 0.05) is 37.9 Å². The van der Waals surface area contributed by atoms with Crippen molar-refractivity contribution in [2.45, 2.75) is 32.7 Å². The number of carbonyl (C=O) groups is 1. The Kier molecular flexibility index (Phi) is 5.65. The molecule has 3 aromatic rings. The summed E-state index contributed by atoms with van der Waals surface area (Å²) >= 11 is 0. The monoisotopic (exact) mass is 407 g/mol. The highest BCUT2D eigenvalue weighted by atomic mass is 16.6. The number of nitrogens with one attached hydrogen (secondary N) is 1. The van der Waals surface area contributed by atoms with E-state index in [0.717, 1.165) is 48.4 Å². The SMILES string of the molecule is Cc1nc2ccccc2n1CCCNc1ccc([N+](=O)[O-])c(C(=O)N2CCCC2)c1. The molecule has 156 valence electrons. The molecule has 0 aliphatic carbocycles. The Bertz CT molecular complexity index is 1090. The predicted octanol–water partition coefficient (Wildman–Crippen LogP) is 3.99. The molecule has 1 aromatic heterocycles. The number of nitro groups is 1. The lowest BCUT2D eigenvalue weighted by atomic mass is 10.1. The molecule has 0 bridgehead atoms. The summed E-state index contributed by atoms with van der Waals surface area (Å²) in [4.78, 5) is 29.9. The number of fused-ring (bicyclic) bond motifs is 1. The average molecular weight is 407 g/mol. The highest BCUT2D eigenvalue weighted by Crippen LogP contribution is 2.26. The average Bonchev–Trinajstić information content (AvgIpc) is 3.38. The Morgan fingerprint density at radius 1 is 1.20 bits per heavy atom. The number of aromatic nitrogens is 2. The second-order valence-corrected chi connectivity index (χ2v) is 7.57. The number of carbonyl (C=O) groups excluding carboxylic acids is 1. The third kappa shape index (κ3) is 3.98. The predicted molar refractivity (Wildman–Crippen MR) is 116 cm³/mol. The smallest absolute Gasteiger partial charge is 0.282 e. The minimum Gasteiger partial charge on any atom is -0.385 e. The number of benzene rings is 2. The highest BCUT2D eigenvalue weighted by molar-refractivity contribution is 5.99. The fourth-order valence-corrected chi connectivity index (χ4v) is 4.02. The molecule has 0 saturated carbocycles. The van der Waals surface area contributed by atoms with Crippen molar-refractivity contribution in [1.82, 2.24) is 14.5 Å². The summed E-state index contributed by atoms with van der Waals surface area (Å²) in [6, 6.07) is 12.7. The third-order valence-electron chi connectivity index (χ3n) is 5.55. The fraction of sp³-hybridized carbons (Fsp3) is 0.364. The van der Waals surface area contributed by atoms with Crippen LogP contribution < -0.4 is 5.32 Å². The maximum absolute atomic E-state index is 12.8. The van der Waals surface area contributed by atoms with Gasteiger partial charge < -0.3 is 14.8 Å². The molecule has 2 aromatic carbocycles. The number of likely N-dealkylation sites (tertiary alicyclic amines) is 1. The first-order chi connectivity index (χ1) is 14.5. The molecular formula is C22H25N5O3. The number of nitro benzene ring substituents is 1. The van der Waals surface area contributed by atoms with Gasteiger partial charge in [-0.3, -0.25) is 14.9 Å². The van der Waals surface area contributed by atoms with Crippen LogP contribution in [0.15, 0.2) is 42.5 Å². The Morgan fingerprint density at radius 3 is 2.73 bits per heavy atom. The van der Waals surface area contributed by atoms with Crippen LogP contribution in [-0.2, 0) is 6.54 Å². The Balaban J connectivity index is 1.43. The van der Waals surface area contributed by atoms with Gasteiger partial charge in [-0.2, -0.15) is 0 Å². The Morgan fingerprint density at radius 2 is 1.97 bits per heavy atom. The van der Waals surface area contributed by atoms with Gasteiger partial charge in [0.2, 0.25) is 0 Å². The van der Waals surface area contributed by atoms with Crippen molar-refractivity contribution >= 4 is 28.3 Å². The van der Waals surface area contributed by atoms with Crippen molar-refractivity contribution in [2.75, 3.05) is 25.0 Å². The van der Waals surface area contributed by atoms with Gasteiger partial charge in [-0.1, -0.05) is 12.1 Å². The molecule has 8 heteroatoms. The zero-order chi connectivity index (χ0) is 21.1. The lowest BCUT2D eigenvalue weighted by Crippen LogP contribution is -2.28. The standard InChI is InChI=1S/C22H25N5O3/c1-16-24-19-7-2-3-8-21(19)26(16)14-6-11-23-17-9-10-20(27(29)30)18(15-17)22(28)25-12-4-5-13-25/h2-3,7-10,15,23H,4-6,11-14H2,1H3. The summed E-state index contributed by atoms with van der Waals surface area (Å²) in [5.74, 6) is 0.716. The summed E-state index contributed by atoms with van der Waals surface area (Å²) in [7, 11) is 0. The molecule has 8 nitrogen and oxygen atoms in total. The van der Waals surface area contributed by atoms with E-state index in [-0.39, 0.29) is 17.2 Å². The van der Waals surface area contributed by atoms with E-state index in [1.807, 2.05) is 25.1 Å². The highest BCUT2D eigenvalue weighted by Gasteiger charge is 2.26. The molecule has 0 radical (unpaired) electrons. The van der Waals surface area contributed by atoms with E-state index in [9.17, 15) is 14.9 Å². The number of imidazole rings is 1. The molecule has 1 saturated heterocycles. The second-order valence-electron chi connectivity index (χ2n) is 7.57. The quantitative estimate of drug-likeness (QED) is 0.363. The van der Waals surface area contributed by atoms with E-state index in [4.69, 9.17) is 0 Å². The Hall–Kier alpha value is -3.42. The second kappa shape index (κ2) is 8.52. The van der Waals surface area contributed by atoms with Crippen molar-refractivity contribution in [1.29, 1.82) is 0 Å². The number of hydrogen-bond acceptors (Lipinski definition) is 5. The molecule has 1 N–H and O–H groups in total. The van der Waals surface area contributed by atoms with Crippen LogP contribution >= 0.6 is 0 Å². The molecule has 1 aliphatic heterocycles. The van der Waals surface area contributed by atoms with E-state index in [0.29, 0.717) is 19.6 Å². The first-order valence-corrected chi connectivity index (χ1v) is 10.3. The van der Waals surface area contributed by atoms with Crippen LogP contribution in [0, 0.1) is 17.0 Å². The van der Waals surface area contributed by atoms with Crippen molar-refractivity contribution < 1.29 is 9.72 Å². The zero-order valence-electron chi connectivity index (χ0n) is 17.0. The number of amides is 1. The molecule has 0 spiro atoms. The summed E-state index contributed by atoms with van der Waals surface area (Å²) in [5, 5.41) is 14.7. The summed E-state index contributed by atoms with van der Waals surface area (Å²) < 4.78 is 2.19. The minimum absolute atomic E-state index is 0.141. The lowest BCUT2D eigenvalue weighted by Gasteiger charge is -2.16. The molecule has 1 aliphatic rings. The maximum Gasteiger partial charge on any atom is 0.282 e. The summed E-state index contributed by atoms with van der Waals surface area (Å²) in [6.45, 7) is 4.81. The maximum atomic E-state index is 12.8. The summed E-state index contributed by atoms with van der Waals surface area (Å²) in [5.41, 5.74) is 2.84. The molecular weight excluding hydrogens is 382 g/mol. The van der Waals surface area contributed by atoms with Gasteiger partial charge in [-0.05, 0) is 50.5 Å². The van der Waals surface area contributed by atoms with E-state index in [1.165, 1.54) is 6.07 Å². The molecule has 30 heavy (non-hydrogen) atoms. The van der Waals surface area contributed by atoms with Gasteiger partial charge in [-0.25, -0.2) is 4.98 Å². The van der Waals surface area contributed by atoms with Crippen LogP contribution in [0.25, 0.3) is 11.0 Å². The number of hydrogen-bond donors (Lipinski definition) is 1. The molecule has 0 atom stereocenters. The molecule has 2 heterocycles. The van der Waals surface area contributed by atoms with Gasteiger partial charge in [0.1, 0.15) is 11.4 Å². The van der Waals surface area contributed by atoms with Crippen molar-refractivity contribution in [3.05, 3.63) is 64.0 Å². The number of para-hydroxylation sites is 2. The number of rotatable bonds is 7. The van der Waals surface area contributed by atoms with Crippen LogP contribution in [0.4, 0.5) is 11.4 Å². The third-order valence-corrected chi connectivity index (χ3v) is 5.55. The van der Waals surface area contributed by atoms with E-state index in [2.05, 4.69) is 20.9 Å². The first kappa shape index (κ1) is 19.9. The molecule has 1 fully saturated rings. The van der Waals surface area contributed by atoms with E-state index in [1.54, 1.807) is 17.0 Å². The zero-order valence-corrected chi connectivity index (χ0v) is 17.0. The topological polar surface area (TPSA) is 93.3 Å². The van der Waals surface area contributed by atoms with Crippen LogP contribution in [0.3, 0.4) is 0 Å². The number of anilines is 1. The summed E-state index contributed by atoms with van der Waals surface area (Å²) in [6.07, 6.45) is 2.74. The largest absolute Gasteiger partial charge is 0.385 e. The minimum atomic E-state index is -0.486. The van der Waals surface area contributed by atoms with Gasteiger partial charge >= 0.3 is 0 Å². The number of aryl methyl sites for hydroxylation is 2. The van der Waals surface area contributed by atoms with Gasteiger partial charge in [-0.15, -0.1) is 0 Å². The van der Waals surface area contributed by atoms with Gasteiger partial charge in [0.05, 0.1) is 16.0 Å². The Labute approximate surface area is 174 Å².